The molecule has 0 spiro atoms. The minimum atomic E-state index is 0.547. The van der Waals surface area contributed by atoms with E-state index in [1.165, 1.54) is 11.3 Å². The van der Waals surface area contributed by atoms with Crippen molar-refractivity contribution in [3.05, 3.63) is 29.8 Å². The van der Waals surface area contributed by atoms with E-state index in [1.807, 2.05) is 0 Å². The van der Waals surface area contributed by atoms with E-state index in [0.717, 1.165) is 26.1 Å². The largest absolute Gasteiger partial charge is 0.362 e. The maximum atomic E-state index is 3.54. The standard InChI is InChI=1S/C16H27N3/c1-5-14-6-8-15(9-7-14)19-13(2)10-17-11-16(19)12-18(3)4/h6-9,13,16-17H,5,10-12H2,1-4H3. The Morgan fingerprint density at radius 3 is 2.47 bits per heavy atom. The summed E-state index contributed by atoms with van der Waals surface area (Å²) in [5.74, 6) is 0. The topological polar surface area (TPSA) is 18.5 Å². The number of hydrogen-bond acceptors (Lipinski definition) is 3. The molecule has 1 aromatic carbocycles. The van der Waals surface area contributed by atoms with Gasteiger partial charge in [-0.05, 0) is 45.1 Å². The minimum Gasteiger partial charge on any atom is -0.362 e. The second kappa shape index (κ2) is 6.40. The van der Waals surface area contributed by atoms with Crippen molar-refractivity contribution in [1.29, 1.82) is 0 Å². The molecule has 0 saturated carbocycles. The van der Waals surface area contributed by atoms with Crippen molar-refractivity contribution in [2.24, 2.45) is 0 Å². The third-order valence-electron chi connectivity index (χ3n) is 3.91. The zero-order valence-electron chi connectivity index (χ0n) is 12.7. The highest BCUT2D eigenvalue weighted by atomic mass is 15.3. The first-order chi connectivity index (χ1) is 9.11. The predicted molar refractivity (Wildman–Crippen MR) is 83.0 cm³/mol. The SMILES string of the molecule is CCc1ccc(N2C(C)CNCC2CN(C)C)cc1. The number of aryl methyl sites for hydroxylation is 1. The summed E-state index contributed by atoms with van der Waals surface area (Å²) >= 11 is 0. The molecule has 1 aliphatic rings. The minimum absolute atomic E-state index is 0.547. The van der Waals surface area contributed by atoms with Crippen LogP contribution in [0.5, 0.6) is 0 Å². The Balaban J connectivity index is 2.19. The third kappa shape index (κ3) is 3.48. The van der Waals surface area contributed by atoms with Gasteiger partial charge in [0.2, 0.25) is 0 Å². The molecule has 1 heterocycles. The van der Waals surface area contributed by atoms with E-state index < -0.39 is 0 Å². The van der Waals surface area contributed by atoms with Gasteiger partial charge < -0.3 is 15.1 Å². The van der Waals surface area contributed by atoms with Crippen LogP contribution < -0.4 is 10.2 Å². The van der Waals surface area contributed by atoms with Crippen LogP contribution in [0.1, 0.15) is 19.4 Å². The van der Waals surface area contributed by atoms with E-state index in [4.69, 9.17) is 0 Å². The summed E-state index contributed by atoms with van der Waals surface area (Å²) in [4.78, 5) is 4.85. The number of likely N-dealkylation sites (N-methyl/N-ethyl adjacent to an activating group) is 1. The van der Waals surface area contributed by atoms with Gasteiger partial charge in [-0.15, -0.1) is 0 Å². The molecule has 3 nitrogen and oxygen atoms in total. The van der Waals surface area contributed by atoms with Crippen molar-refractivity contribution in [2.75, 3.05) is 38.6 Å². The Hall–Kier alpha value is -1.06. The molecule has 0 bridgehead atoms. The second-order valence-electron chi connectivity index (χ2n) is 5.85. The fraction of sp³-hybridized carbons (Fsp3) is 0.625. The zero-order chi connectivity index (χ0) is 13.8. The molecule has 3 heteroatoms. The smallest absolute Gasteiger partial charge is 0.0544 e. The molecule has 2 rings (SSSR count). The van der Waals surface area contributed by atoms with Crippen LogP contribution in [-0.2, 0) is 6.42 Å². The first-order valence-corrected chi connectivity index (χ1v) is 7.34. The Labute approximate surface area is 117 Å². The fourth-order valence-corrected chi connectivity index (χ4v) is 2.96. The van der Waals surface area contributed by atoms with Gasteiger partial charge in [-0.3, -0.25) is 0 Å². The molecular weight excluding hydrogens is 234 g/mol. The maximum Gasteiger partial charge on any atom is 0.0544 e. The van der Waals surface area contributed by atoms with Crippen LogP contribution in [0, 0.1) is 0 Å². The van der Waals surface area contributed by atoms with Gasteiger partial charge in [-0.25, -0.2) is 0 Å². The highest BCUT2D eigenvalue weighted by Gasteiger charge is 2.28. The van der Waals surface area contributed by atoms with Crippen molar-refractivity contribution in [3.63, 3.8) is 0 Å². The lowest BCUT2D eigenvalue weighted by Crippen LogP contribution is -2.59. The summed E-state index contributed by atoms with van der Waals surface area (Å²) in [5, 5.41) is 3.54. The van der Waals surface area contributed by atoms with E-state index >= 15 is 0 Å². The monoisotopic (exact) mass is 261 g/mol. The van der Waals surface area contributed by atoms with Gasteiger partial charge in [0, 0.05) is 31.4 Å². The van der Waals surface area contributed by atoms with E-state index in [-0.39, 0.29) is 0 Å². The van der Waals surface area contributed by atoms with Crippen LogP contribution in [0.3, 0.4) is 0 Å². The fourth-order valence-electron chi connectivity index (χ4n) is 2.96. The molecule has 106 valence electrons. The lowest BCUT2D eigenvalue weighted by Gasteiger charge is -2.44. The number of nitrogens with zero attached hydrogens (tertiary/aromatic N) is 2. The molecule has 0 aliphatic carbocycles. The first-order valence-electron chi connectivity index (χ1n) is 7.34. The number of piperazine rings is 1. The van der Waals surface area contributed by atoms with Crippen molar-refractivity contribution >= 4 is 5.69 Å². The number of anilines is 1. The van der Waals surface area contributed by atoms with E-state index in [1.54, 1.807) is 0 Å². The molecule has 1 aliphatic heterocycles. The normalized spacial score (nSPS) is 23.9. The van der Waals surface area contributed by atoms with Gasteiger partial charge in [0.15, 0.2) is 0 Å². The van der Waals surface area contributed by atoms with E-state index in [2.05, 4.69) is 67.3 Å². The molecule has 2 unspecified atom stereocenters. The average molecular weight is 261 g/mol. The highest BCUT2D eigenvalue weighted by Crippen LogP contribution is 2.23. The molecule has 1 fully saturated rings. The zero-order valence-corrected chi connectivity index (χ0v) is 12.7. The van der Waals surface area contributed by atoms with Crippen molar-refractivity contribution < 1.29 is 0 Å². The van der Waals surface area contributed by atoms with Gasteiger partial charge in [0.05, 0.1) is 6.04 Å². The lowest BCUT2D eigenvalue weighted by atomic mass is 10.1. The molecule has 1 aromatic rings. The summed E-state index contributed by atoms with van der Waals surface area (Å²) in [7, 11) is 4.30. The van der Waals surface area contributed by atoms with Crippen LogP contribution in [0.15, 0.2) is 24.3 Å². The molecule has 0 radical (unpaired) electrons. The predicted octanol–water partition coefficient (Wildman–Crippen LogP) is 1.98. The van der Waals surface area contributed by atoms with E-state index in [9.17, 15) is 0 Å². The van der Waals surface area contributed by atoms with Gasteiger partial charge in [-0.1, -0.05) is 19.1 Å². The molecule has 0 amide bonds. The summed E-state index contributed by atoms with van der Waals surface area (Å²) in [6.07, 6.45) is 1.11. The van der Waals surface area contributed by atoms with Crippen LogP contribution in [0.4, 0.5) is 5.69 Å². The van der Waals surface area contributed by atoms with Crippen LogP contribution >= 0.6 is 0 Å². The average Bonchev–Trinajstić information content (AvgIpc) is 2.38. The Kier molecular flexibility index (Phi) is 4.83. The van der Waals surface area contributed by atoms with Gasteiger partial charge in [0.25, 0.3) is 0 Å². The molecule has 2 atom stereocenters. The van der Waals surface area contributed by atoms with Crippen molar-refractivity contribution in [1.82, 2.24) is 10.2 Å². The number of rotatable bonds is 4. The van der Waals surface area contributed by atoms with Gasteiger partial charge in [0.1, 0.15) is 0 Å². The quantitative estimate of drug-likeness (QED) is 0.894. The third-order valence-corrected chi connectivity index (χ3v) is 3.91. The van der Waals surface area contributed by atoms with Crippen LogP contribution in [-0.4, -0.2) is 50.7 Å². The number of benzene rings is 1. The maximum absolute atomic E-state index is 3.54. The van der Waals surface area contributed by atoms with Crippen molar-refractivity contribution in [3.8, 4) is 0 Å². The second-order valence-corrected chi connectivity index (χ2v) is 5.85. The molecule has 0 aromatic heterocycles. The number of nitrogens with one attached hydrogen (secondary N) is 1. The van der Waals surface area contributed by atoms with Gasteiger partial charge in [-0.2, -0.15) is 0 Å². The summed E-state index contributed by atoms with van der Waals surface area (Å²) in [6.45, 7) is 7.74. The molecule has 1 saturated heterocycles. The van der Waals surface area contributed by atoms with Crippen LogP contribution in [0.2, 0.25) is 0 Å². The molecule has 19 heavy (non-hydrogen) atoms. The molecule has 1 N–H and O–H groups in total. The first kappa shape index (κ1) is 14.4. The van der Waals surface area contributed by atoms with Crippen LogP contribution in [0.25, 0.3) is 0 Å². The summed E-state index contributed by atoms with van der Waals surface area (Å²) in [6, 6.07) is 10.2. The number of hydrogen-bond donors (Lipinski definition) is 1. The molecular formula is C16H27N3. The highest BCUT2D eigenvalue weighted by molar-refractivity contribution is 5.50. The lowest BCUT2D eigenvalue weighted by molar-refractivity contribution is 0.316. The van der Waals surface area contributed by atoms with Gasteiger partial charge >= 0.3 is 0 Å². The van der Waals surface area contributed by atoms with Crippen molar-refractivity contribution in [2.45, 2.75) is 32.4 Å². The Bertz CT molecular complexity index is 385. The Morgan fingerprint density at radius 1 is 1.21 bits per heavy atom. The summed E-state index contributed by atoms with van der Waals surface area (Å²) < 4.78 is 0. The van der Waals surface area contributed by atoms with E-state index in [0.29, 0.717) is 12.1 Å². The Morgan fingerprint density at radius 2 is 1.89 bits per heavy atom. The summed E-state index contributed by atoms with van der Waals surface area (Å²) in [5.41, 5.74) is 2.77.